The Hall–Kier alpha value is -6.82. The molecule has 4 amide bonds. The standard InChI is InChI=1S/C50H56N6O11/c1-32-18-21-39(47(59)52-32)56-49(61)37-14-11-17-42(45(37)50(56)62)67-31-35(57)12-7-9-22-64-24-26-66-27-25-65-23-10-8-16-41(58)33-19-20-34(43(28-33)63-4)29-44-51-30-40-46(53-44)54(2)38-15-6-5-13-36(38)48(60)55(40)3/h5-6,11,13-15,17,19-20,28,30,39H,1,7-10,12,16,18,21-27,29,31H2,2-4H3,(H,52,59). The number of methoxy groups -OCH3 is 1. The van der Waals surface area contributed by atoms with E-state index < -0.39 is 23.8 Å². The molecule has 7 rings (SSSR count). The quantitative estimate of drug-likeness (QED) is 0.0485. The first-order valence-corrected chi connectivity index (χ1v) is 22.5. The van der Waals surface area contributed by atoms with Gasteiger partial charge in [0, 0.05) is 63.4 Å². The van der Waals surface area contributed by atoms with Crippen LogP contribution in [0.25, 0.3) is 0 Å². The fraction of sp³-hybridized carbons (Fsp3) is 0.400. The van der Waals surface area contributed by atoms with Crippen molar-refractivity contribution in [2.45, 2.75) is 63.8 Å². The molecule has 0 saturated carbocycles. The SMILES string of the molecule is C=C1CCC(N2C(=O)c3cccc(OCC(=O)CCCCOCCOCCOCCCCC(=O)c4ccc(Cc5ncc6c(n5)N(C)c5ccccc5C(=O)N6C)c(OC)c4)c3C2=O)C(=O)N1. The first-order chi connectivity index (χ1) is 32.5. The van der Waals surface area contributed by atoms with Crippen molar-refractivity contribution >= 4 is 52.4 Å². The zero-order valence-corrected chi connectivity index (χ0v) is 38.2. The lowest BCUT2D eigenvalue weighted by molar-refractivity contribution is -0.125. The molecule has 1 fully saturated rings. The van der Waals surface area contributed by atoms with Gasteiger partial charge in [-0.05, 0) is 68.9 Å². The molecule has 1 unspecified atom stereocenters. The van der Waals surface area contributed by atoms with Gasteiger partial charge in [-0.2, -0.15) is 0 Å². The fourth-order valence-corrected chi connectivity index (χ4v) is 8.17. The number of allylic oxidation sites excluding steroid dienone is 1. The van der Waals surface area contributed by atoms with Crippen LogP contribution in [-0.4, -0.2) is 124 Å². The molecule has 352 valence electrons. The first kappa shape index (κ1) is 48.1. The Kier molecular flexibility index (Phi) is 16.2. The average Bonchev–Trinajstić information content (AvgIpc) is 3.55. The summed E-state index contributed by atoms with van der Waals surface area (Å²) in [5.74, 6) is -0.0308. The summed E-state index contributed by atoms with van der Waals surface area (Å²) in [6, 6.07) is 16.6. The molecule has 17 heteroatoms. The van der Waals surface area contributed by atoms with Crippen molar-refractivity contribution in [1.82, 2.24) is 20.2 Å². The molecule has 1 saturated heterocycles. The Balaban J connectivity index is 0.716. The van der Waals surface area contributed by atoms with Gasteiger partial charge in [-0.3, -0.25) is 33.7 Å². The Morgan fingerprint density at radius 2 is 1.46 bits per heavy atom. The average molecular weight is 917 g/mol. The topological polar surface area (TPSA) is 196 Å². The highest BCUT2D eigenvalue weighted by molar-refractivity contribution is 6.24. The van der Waals surface area contributed by atoms with Gasteiger partial charge in [0.15, 0.2) is 17.4 Å². The fourth-order valence-electron chi connectivity index (χ4n) is 8.17. The third-order valence-electron chi connectivity index (χ3n) is 11.8. The van der Waals surface area contributed by atoms with Gasteiger partial charge in [-0.1, -0.05) is 36.9 Å². The zero-order valence-electron chi connectivity index (χ0n) is 38.2. The molecule has 0 bridgehead atoms. The molecule has 0 aliphatic carbocycles. The smallest absolute Gasteiger partial charge is 0.266 e. The van der Waals surface area contributed by atoms with Crippen molar-refractivity contribution in [1.29, 1.82) is 0 Å². The van der Waals surface area contributed by atoms with Crippen LogP contribution in [0.3, 0.4) is 0 Å². The van der Waals surface area contributed by atoms with Gasteiger partial charge in [-0.15, -0.1) is 0 Å². The number of nitrogens with zero attached hydrogens (tertiary/aromatic N) is 5. The van der Waals surface area contributed by atoms with Gasteiger partial charge in [0.2, 0.25) is 5.91 Å². The number of carbonyl (C=O) groups excluding carboxylic acids is 6. The van der Waals surface area contributed by atoms with Gasteiger partial charge < -0.3 is 38.8 Å². The van der Waals surface area contributed by atoms with Crippen LogP contribution < -0.4 is 24.6 Å². The van der Waals surface area contributed by atoms with E-state index in [2.05, 4.69) is 16.9 Å². The highest BCUT2D eigenvalue weighted by Crippen LogP contribution is 2.38. The van der Waals surface area contributed by atoms with E-state index in [0.717, 1.165) is 22.6 Å². The molecular formula is C50H56N6O11. The molecule has 3 aliphatic rings. The van der Waals surface area contributed by atoms with Gasteiger partial charge >= 0.3 is 0 Å². The van der Waals surface area contributed by atoms with Crippen LogP contribution in [0.4, 0.5) is 17.2 Å². The summed E-state index contributed by atoms with van der Waals surface area (Å²) in [4.78, 5) is 91.5. The third kappa shape index (κ3) is 11.4. The Morgan fingerprint density at radius 1 is 0.761 bits per heavy atom. The molecule has 0 radical (unpaired) electrons. The number of nitrogens with one attached hydrogen (secondary N) is 1. The summed E-state index contributed by atoms with van der Waals surface area (Å²) < 4.78 is 28.3. The van der Waals surface area contributed by atoms with Crippen LogP contribution in [0.15, 0.2) is 79.1 Å². The van der Waals surface area contributed by atoms with E-state index in [1.807, 2.05) is 36.2 Å². The molecule has 3 aromatic carbocycles. The van der Waals surface area contributed by atoms with Crippen molar-refractivity contribution in [2.24, 2.45) is 0 Å². The van der Waals surface area contributed by atoms with Gasteiger partial charge in [0.05, 0.1) is 62.1 Å². The van der Waals surface area contributed by atoms with E-state index in [1.165, 1.54) is 12.1 Å². The summed E-state index contributed by atoms with van der Waals surface area (Å²) in [6.45, 7) is 6.10. The molecule has 1 N–H and O–H groups in total. The van der Waals surface area contributed by atoms with E-state index in [4.69, 9.17) is 28.7 Å². The maximum Gasteiger partial charge on any atom is 0.266 e. The lowest BCUT2D eigenvalue weighted by atomic mass is 10.0. The van der Waals surface area contributed by atoms with Crippen LogP contribution in [0.2, 0.25) is 0 Å². The van der Waals surface area contributed by atoms with Crippen molar-refractivity contribution in [2.75, 3.05) is 77.3 Å². The number of para-hydroxylation sites is 1. The second-order valence-electron chi connectivity index (χ2n) is 16.4. The number of unbranched alkanes of at least 4 members (excludes halogenated alkanes) is 2. The van der Waals surface area contributed by atoms with E-state index in [1.54, 1.807) is 49.5 Å². The maximum absolute atomic E-state index is 13.3. The normalized spacial score (nSPS) is 15.5. The number of aromatic nitrogens is 2. The Bertz CT molecular complexity index is 2530. The molecule has 0 spiro atoms. The molecule has 1 atom stereocenters. The highest BCUT2D eigenvalue weighted by atomic mass is 16.5. The maximum atomic E-state index is 13.3. The predicted molar refractivity (Wildman–Crippen MR) is 247 cm³/mol. The lowest BCUT2D eigenvalue weighted by Gasteiger charge is -2.29. The van der Waals surface area contributed by atoms with Crippen LogP contribution in [0.1, 0.15) is 104 Å². The van der Waals surface area contributed by atoms with Gasteiger partial charge in [0.25, 0.3) is 17.7 Å². The number of piperidine rings is 1. The second-order valence-corrected chi connectivity index (χ2v) is 16.4. The minimum absolute atomic E-state index is 0.0145. The number of carbonyl (C=O) groups is 6. The van der Waals surface area contributed by atoms with Crippen LogP contribution in [0.5, 0.6) is 11.5 Å². The number of ether oxygens (including phenoxy) is 5. The monoisotopic (exact) mass is 916 g/mol. The molecule has 4 heterocycles. The molecule has 67 heavy (non-hydrogen) atoms. The highest BCUT2D eigenvalue weighted by Gasteiger charge is 2.45. The summed E-state index contributed by atoms with van der Waals surface area (Å²) in [6.07, 6.45) is 6.07. The first-order valence-electron chi connectivity index (χ1n) is 22.5. The van der Waals surface area contributed by atoms with E-state index in [9.17, 15) is 28.8 Å². The number of ketones is 2. The number of amides is 4. The minimum Gasteiger partial charge on any atom is -0.496 e. The lowest BCUT2D eigenvalue weighted by Crippen LogP contribution is -2.51. The largest absolute Gasteiger partial charge is 0.496 e. The van der Waals surface area contributed by atoms with E-state index >= 15 is 0 Å². The zero-order chi connectivity index (χ0) is 47.5. The van der Waals surface area contributed by atoms with Crippen molar-refractivity contribution < 1.29 is 52.5 Å². The van der Waals surface area contributed by atoms with Crippen LogP contribution in [-0.2, 0) is 30.2 Å². The number of fused-ring (bicyclic) bond motifs is 3. The molecule has 17 nitrogen and oxygen atoms in total. The molecule has 1 aromatic heterocycles. The number of hydrogen-bond donors (Lipinski definition) is 1. The second kappa shape index (κ2) is 22.6. The number of anilines is 3. The number of benzene rings is 3. The van der Waals surface area contributed by atoms with Gasteiger partial charge in [-0.25, -0.2) is 9.97 Å². The summed E-state index contributed by atoms with van der Waals surface area (Å²) in [5.41, 5.74) is 4.10. The predicted octanol–water partition coefficient (Wildman–Crippen LogP) is 6.04. The molecule has 4 aromatic rings. The number of imide groups is 1. The molecule has 3 aliphatic heterocycles. The Morgan fingerprint density at radius 3 is 2.19 bits per heavy atom. The number of rotatable bonds is 24. The third-order valence-corrected chi connectivity index (χ3v) is 11.8. The van der Waals surface area contributed by atoms with E-state index in [0.29, 0.717) is 124 Å². The minimum atomic E-state index is -0.934. The summed E-state index contributed by atoms with van der Waals surface area (Å²) >= 11 is 0. The Labute approximate surface area is 389 Å². The summed E-state index contributed by atoms with van der Waals surface area (Å²) in [7, 11) is 5.17. The van der Waals surface area contributed by atoms with Crippen molar-refractivity contribution in [3.8, 4) is 11.5 Å². The van der Waals surface area contributed by atoms with Crippen molar-refractivity contribution in [3.05, 3.63) is 113 Å². The van der Waals surface area contributed by atoms with Crippen molar-refractivity contribution in [3.63, 3.8) is 0 Å². The van der Waals surface area contributed by atoms with Crippen LogP contribution in [0, 0.1) is 0 Å². The van der Waals surface area contributed by atoms with E-state index in [-0.39, 0.29) is 47.4 Å². The number of hydrogen-bond acceptors (Lipinski definition) is 14. The summed E-state index contributed by atoms with van der Waals surface area (Å²) in [5, 5.41) is 2.61. The molecular weight excluding hydrogens is 861 g/mol. The van der Waals surface area contributed by atoms with Gasteiger partial charge in [0.1, 0.15) is 35.7 Å². The van der Waals surface area contributed by atoms with Crippen LogP contribution >= 0.6 is 0 Å². The number of Topliss-reactive ketones (excluding diaryl/α,β-unsaturated/α-hetero) is 2.